The first-order chi connectivity index (χ1) is 13.5. The molecule has 0 spiro atoms. The van der Waals surface area contributed by atoms with E-state index in [0.29, 0.717) is 6.54 Å². The summed E-state index contributed by atoms with van der Waals surface area (Å²) in [6.45, 7) is 4.37. The number of benzene rings is 1. The maximum atomic E-state index is 12.8. The Balaban J connectivity index is 1.44. The van der Waals surface area contributed by atoms with Crippen molar-refractivity contribution in [3.63, 3.8) is 0 Å². The topological polar surface area (TPSA) is 70.3 Å². The van der Waals surface area contributed by atoms with Crippen molar-refractivity contribution in [3.8, 4) is 0 Å². The van der Waals surface area contributed by atoms with Crippen LogP contribution in [0.15, 0.2) is 30.6 Å². The van der Waals surface area contributed by atoms with Crippen molar-refractivity contribution < 1.29 is 13.2 Å². The van der Waals surface area contributed by atoms with E-state index in [1.807, 2.05) is 0 Å². The average Bonchev–Trinajstić information content (AvgIpc) is 3.18. The van der Waals surface area contributed by atoms with E-state index in [4.69, 9.17) is 5.73 Å². The Hall–Kier alpha value is -2.39. The minimum atomic E-state index is -4.32. The lowest BCUT2D eigenvalue weighted by molar-refractivity contribution is -0.137. The number of aromatic nitrogens is 2. The molecule has 1 atom stereocenters. The molecule has 1 saturated heterocycles. The number of fused-ring (bicyclic) bond motifs is 1. The van der Waals surface area contributed by atoms with Crippen LogP contribution < -0.4 is 16.0 Å². The second-order valence-electron chi connectivity index (χ2n) is 7.10. The largest absolute Gasteiger partial charge is 0.416 e. The van der Waals surface area contributed by atoms with E-state index in [2.05, 4.69) is 25.1 Å². The second-order valence-corrected chi connectivity index (χ2v) is 7.10. The van der Waals surface area contributed by atoms with Crippen LogP contribution in [-0.4, -0.2) is 54.1 Å². The third kappa shape index (κ3) is 3.64. The number of hydrogen-bond acceptors (Lipinski definition) is 6. The minimum absolute atomic E-state index is 0.0952. The number of alkyl halides is 3. The number of hydrogen-bond donors (Lipinski definition) is 2. The van der Waals surface area contributed by atoms with Gasteiger partial charge in [0.05, 0.1) is 5.56 Å². The first kappa shape index (κ1) is 18.9. The molecule has 1 aromatic heterocycles. The Kier molecular flexibility index (Phi) is 5.11. The van der Waals surface area contributed by atoms with Crippen LogP contribution in [-0.2, 0) is 12.6 Å². The second kappa shape index (κ2) is 7.56. The molecule has 0 amide bonds. The van der Waals surface area contributed by atoms with Crippen molar-refractivity contribution in [1.29, 1.82) is 0 Å². The first-order valence-electron chi connectivity index (χ1n) is 9.41. The normalized spacial score (nSPS) is 18.6. The fraction of sp³-hybridized carbons (Fsp3) is 0.474. The van der Waals surface area contributed by atoms with Crippen LogP contribution in [0, 0.1) is 0 Å². The maximum absolute atomic E-state index is 12.8. The van der Waals surface area contributed by atoms with Crippen LogP contribution in [0.4, 0.5) is 24.8 Å². The third-order valence-corrected chi connectivity index (χ3v) is 5.49. The van der Waals surface area contributed by atoms with Gasteiger partial charge in [0.2, 0.25) is 0 Å². The smallest absolute Gasteiger partial charge is 0.369 e. The Morgan fingerprint density at radius 3 is 2.43 bits per heavy atom. The molecule has 6 nitrogen and oxygen atoms in total. The zero-order valence-corrected chi connectivity index (χ0v) is 15.4. The highest BCUT2D eigenvalue weighted by Crippen LogP contribution is 2.32. The molecule has 2 aliphatic heterocycles. The van der Waals surface area contributed by atoms with E-state index in [0.717, 1.165) is 74.0 Å². The van der Waals surface area contributed by atoms with Gasteiger partial charge in [-0.3, -0.25) is 4.90 Å². The van der Waals surface area contributed by atoms with Crippen molar-refractivity contribution >= 4 is 11.6 Å². The molecule has 9 heteroatoms. The van der Waals surface area contributed by atoms with Crippen LogP contribution in [0.2, 0.25) is 0 Å². The molecule has 3 N–H and O–H groups in total. The van der Waals surface area contributed by atoms with Crippen molar-refractivity contribution in [3.05, 3.63) is 47.3 Å². The highest BCUT2D eigenvalue weighted by atomic mass is 19.4. The summed E-state index contributed by atoms with van der Waals surface area (Å²) in [5.74, 6) is 1.89. The van der Waals surface area contributed by atoms with Crippen molar-refractivity contribution in [2.75, 3.05) is 49.5 Å². The Bertz CT molecular complexity index is 815. The quantitative estimate of drug-likeness (QED) is 0.832. The van der Waals surface area contributed by atoms with Gasteiger partial charge in [0, 0.05) is 50.9 Å². The molecule has 150 valence electrons. The molecule has 0 radical (unpaired) electrons. The van der Waals surface area contributed by atoms with Gasteiger partial charge in [-0.15, -0.1) is 0 Å². The van der Waals surface area contributed by atoms with Gasteiger partial charge in [-0.05, 0) is 24.1 Å². The molecule has 2 aromatic rings. The molecule has 1 unspecified atom stereocenters. The monoisotopic (exact) mass is 392 g/mol. The molecule has 0 saturated carbocycles. The minimum Gasteiger partial charge on any atom is -0.369 e. The molecular weight excluding hydrogens is 369 g/mol. The van der Waals surface area contributed by atoms with Crippen LogP contribution in [0.3, 0.4) is 0 Å². The van der Waals surface area contributed by atoms with E-state index < -0.39 is 11.7 Å². The molecule has 0 bridgehead atoms. The van der Waals surface area contributed by atoms with Crippen LogP contribution in [0.25, 0.3) is 0 Å². The lowest BCUT2D eigenvalue weighted by Gasteiger charge is -2.40. The lowest BCUT2D eigenvalue weighted by Crippen LogP contribution is -2.49. The summed E-state index contributed by atoms with van der Waals surface area (Å²) in [5, 5.41) is 3.27. The Labute approximate surface area is 161 Å². The SMILES string of the molecule is NCC(c1ccc(C(F)(F)F)cc1)N1CCN(c2ncnc3c2CCN3)CC1. The standard InChI is InChI=1S/C19H23F3N6/c20-19(21,22)14-3-1-13(2-4-14)16(11-23)27-7-9-28(10-8-27)18-15-5-6-24-17(15)25-12-26-18/h1-4,12,16H,5-11,23H2,(H,24,25,26). The summed E-state index contributed by atoms with van der Waals surface area (Å²) in [7, 11) is 0. The fourth-order valence-corrected chi connectivity index (χ4v) is 4.00. The summed E-state index contributed by atoms with van der Waals surface area (Å²) >= 11 is 0. The lowest BCUT2D eigenvalue weighted by atomic mass is 10.0. The summed E-state index contributed by atoms with van der Waals surface area (Å²) in [6.07, 6.45) is -1.82. The number of nitrogens with one attached hydrogen (secondary N) is 1. The molecule has 1 fully saturated rings. The van der Waals surface area contributed by atoms with Gasteiger partial charge in [0.15, 0.2) is 0 Å². The highest BCUT2D eigenvalue weighted by Gasteiger charge is 2.31. The number of anilines is 2. The van der Waals surface area contributed by atoms with Gasteiger partial charge >= 0.3 is 6.18 Å². The van der Waals surface area contributed by atoms with Crippen LogP contribution in [0.1, 0.15) is 22.7 Å². The molecule has 2 aliphatic rings. The summed E-state index contributed by atoms with van der Waals surface area (Å²) in [5.41, 5.74) is 7.31. The average molecular weight is 392 g/mol. The first-order valence-corrected chi connectivity index (χ1v) is 9.41. The number of nitrogens with zero attached hydrogens (tertiary/aromatic N) is 4. The Morgan fingerprint density at radius 2 is 1.79 bits per heavy atom. The van der Waals surface area contributed by atoms with Gasteiger partial charge < -0.3 is 16.0 Å². The number of halogens is 3. The third-order valence-electron chi connectivity index (χ3n) is 5.49. The van der Waals surface area contributed by atoms with Crippen molar-refractivity contribution in [2.24, 2.45) is 5.73 Å². The summed E-state index contributed by atoms with van der Waals surface area (Å²) in [4.78, 5) is 13.2. The highest BCUT2D eigenvalue weighted by molar-refractivity contribution is 5.62. The Morgan fingerprint density at radius 1 is 1.07 bits per heavy atom. The van der Waals surface area contributed by atoms with E-state index in [-0.39, 0.29) is 6.04 Å². The van der Waals surface area contributed by atoms with Gasteiger partial charge in [0.1, 0.15) is 18.0 Å². The summed E-state index contributed by atoms with van der Waals surface area (Å²) < 4.78 is 38.4. The predicted molar refractivity (Wildman–Crippen MR) is 101 cm³/mol. The van der Waals surface area contributed by atoms with Gasteiger partial charge in [-0.1, -0.05) is 12.1 Å². The number of nitrogens with two attached hydrogens (primary N) is 1. The van der Waals surface area contributed by atoms with Crippen LogP contribution in [0.5, 0.6) is 0 Å². The van der Waals surface area contributed by atoms with E-state index >= 15 is 0 Å². The molecule has 0 aliphatic carbocycles. The zero-order chi connectivity index (χ0) is 19.7. The van der Waals surface area contributed by atoms with E-state index in [1.54, 1.807) is 6.33 Å². The number of rotatable bonds is 4. The summed E-state index contributed by atoms with van der Waals surface area (Å²) in [6, 6.07) is 5.24. The van der Waals surface area contributed by atoms with E-state index in [1.165, 1.54) is 12.1 Å². The molecular formula is C19H23F3N6. The van der Waals surface area contributed by atoms with Crippen LogP contribution >= 0.6 is 0 Å². The fourth-order valence-electron chi connectivity index (χ4n) is 4.00. The molecule has 3 heterocycles. The van der Waals surface area contributed by atoms with Crippen molar-refractivity contribution in [1.82, 2.24) is 14.9 Å². The molecule has 4 rings (SSSR count). The predicted octanol–water partition coefficient (Wildman–Crippen LogP) is 2.29. The van der Waals surface area contributed by atoms with Crippen molar-refractivity contribution in [2.45, 2.75) is 18.6 Å². The van der Waals surface area contributed by atoms with Gasteiger partial charge in [-0.2, -0.15) is 13.2 Å². The number of piperazine rings is 1. The molecule has 1 aromatic carbocycles. The van der Waals surface area contributed by atoms with Gasteiger partial charge in [-0.25, -0.2) is 9.97 Å². The zero-order valence-electron chi connectivity index (χ0n) is 15.4. The van der Waals surface area contributed by atoms with E-state index in [9.17, 15) is 13.2 Å². The maximum Gasteiger partial charge on any atom is 0.416 e. The van der Waals surface area contributed by atoms with Gasteiger partial charge in [0.25, 0.3) is 0 Å². The molecule has 28 heavy (non-hydrogen) atoms.